The van der Waals surface area contributed by atoms with Crippen LogP contribution < -0.4 is 0 Å². The average molecular weight is 399 g/mol. The molecule has 2 fully saturated rings. The van der Waals surface area contributed by atoms with Crippen molar-refractivity contribution in [3.05, 3.63) is 36.0 Å². The lowest BCUT2D eigenvalue weighted by molar-refractivity contribution is 0.0218. The summed E-state index contributed by atoms with van der Waals surface area (Å²) in [5, 5.41) is 10.4. The molecule has 2 atom stereocenters. The maximum atomic E-state index is 13.4. The molecule has 1 aromatic heterocycles. The number of fused-ring (bicyclic) bond motifs is 1. The molecule has 4 rings (SSSR count). The second-order valence-electron chi connectivity index (χ2n) is 8.74. The van der Waals surface area contributed by atoms with Gasteiger partial charge in [-0.25, -0.2) is 0 Å². The number of piperazine rings is 1. The minimum absolute atomic E-state index is 0.146. The third kappa shape index (κ3) is 4.20. The van der Waals surface area contributed by atoms with Gasteiger partial charge >= 0.3 is 0 Å². The third-order valence-electron chi connectivity index (χ3n) is 6.88. The van der Waals surface area contributed by atoms with Crippen molar-refractivity contribution in [3.63, 3.8) is 0 Å². The number of carbonyl (C=O) groups excluding carboxylic acids is 1. The molecule has 6 nitrogen and oxygen atoms in total. The van der Waals surface area contributed by atoms with Crippen LogP contribution in [-0.4, -0.2) is 89.2 Å². The lowest BCUT2D eigenvalue weighted by atomic mass is 9.86. The molecule has 0 saturated carbocycles. The van der Waals surface area contributed by atoms with E-state index in [2.05, 4.69) is 32.4 Å². The summed E-state index contributed by atoms with van der Waals surface area (Å²) >= 11 is 0. The smallest absolute Gasteiger partial charge is 0.254 e. The Morgan fingerprint density at radius 1 is 1.10 bits per heavy atom. The number of likely N-dealkylation sites (N-methyl/N-ethyl adjacent to an activating group) is 1. The Morgan fingerprint density at radius 3 is 2.66 bits per heavy atom. The van der Waals surface area contributed by atoms with Crippen LogP contribution in [0.5, 0.6) is 0 Å². The molecular weight excluding hydrogens is 364 g/mol. The van der Waals surface area contributed by atoms with Crippen LogP contribution in [0.25, 0.3) is 10.9 Å². The summed E-state index contributed by atoms with van der Waals surface area (Å²) in [6.07, 6.45) is 4.83. The Hall–Kier alpha value is -1.89. The van der Waals surface area contributed by atoms with Gasteiger partial charge in [-0.05, 0) is 50.4 Å². The number of aromatic nitrogens is 1. The van der Waals surface area contributed by atoms with Crippen molar-refractivity contribution in [3.8, 4) is 0 Å². The second-order valence-corrected chi connectivity index (χ2v) is 8.74. The number of amides is 1. The third-order valence-corrected chi connectivity index (χ3v) is 6.88. The number of piperidine rings is 1. The number of rotatable bonds is 5. The molecule has 1 N–H and O–H groups in total. The molecule has 1 amide bonds. The van der Waals surface area contributed by atoms with E-state index in [1.807, 2.05) is 31.4 Å². The molecular formula is C23H34N4O2. The van der Waals surface area contributed by atoms with Crippen molar-refractivity contribution in [2.45, 2.75) is 25.3 Å². The van der Waals surface area contributed by atoms with Gasteiger partial charge in [0.05, 0.1) is 0 Å². The summed E-state index contributed by atoms with van der Waals surface area (Å²) in [5.74, 6) is 0.575. The lowest BCUT2D eigenvalue weighted by Crippen LogP contribution is -2.56. The molecule has 0 radical (unpaired) electrons. The van der Waals surface area contributed by atoms with E-state index >= 15 is 0 Å². The minimum Gasteiger partial charge on any atom is -0.396 e. The van der Waals surface area contributed by atoms with Crippen LogP contribution in [0.2, 0.25) is 0 Å². The molecule has 0 aliphatic carbocycles. The molecule has 2 aliphatic heterocycles. The Bertz CT molecular complexity index is 841. The van der Waals surface area contributed by atoms with E-state index in [4.69, 9.17) is 0 Å². The Labute approximate surface area is 173 Å². The number of benzene rings is 1. The molecule has 3 heterocycles. The van der Waals surface area contributed by atoms with Crippen LogP contribution in [0.1, 0.15) is 29.6 Å². The van der Waals surface area contributed by atoms with Crippen LogP contribution in [0, 0.1) is 5.92 Å². The van der Waals surface area contributed by atoms with Crippen molar-refractivity contribution >= 4 is 16.8 Å². The SMILES string of the molecule is CN1CCN([C@H]2CCN(C(=O)c3cccc4c3ccn4C)C[C@H]2CCCO)CC1. The van der Waals surface area contributed by atoms with Gasteiger partial charge in [-0.1, -0.05) is 6.07 Å². The summed E-state index contributed by atoms with van der Waals surface area (Å²) in [6, 6.07) is 8.57. The van der Waals surface area contributed by atoms with Crippen molar-refractivity contribution in [2.75, 3.05) is 52.9 Å². The summed E-state index contributed by atoms with van der Waals surface area (Å²) in [7, 11) is 4.20. The number of likely N-dealkylation sites (tertiary alicyclic amines) is 1. The monoisotopic (exact) mass is 398 g/mol. The lowest BCUT2D eigenvalue weighted by Gasteiger charge is -2.46. The molecule has 158 valence electrons. The number of hydrogen-bond donors (Lipinski definition) is 1. The van der Waals surface area contributed by atoms with E-state index in [9.17, 15) is 9.90 Å². The first-order valence-electron chi connectivity index (χ1n) is 10.9. The summed E-state index contributed by atoms with van der Waals surface area (Å²) in [5.41, 5.74) is 1.90. The fraction of sp³-hybridized carbons (Fsp3) is 0.609. The molecule has 2 saturated heterocycles. The van der Waals surface area contributed by atoms with Gasteiger partial charge in [0.1, 0.15) is 0 Å². The molecule has 29 heavy (non-hydrogen) atoms. The van der Waals surface area contributed by atoms with Crippen molar-refractivity contribution in [1.82, 2.24) is 19.3 Å². The molecule has 2 aromatic rings. The van der Waals surface area contributed by atoms with Gasteiger partial charge in [0, 0.05) is 81.6 Å². The molecule has 2 aliphatic rings. The number of aliphatic hydroxyl groups is 1. The van der Waals surface area contributed by atoms with Crippen LogP contribution in [0.4, 0.5) is 0 Å². The van der Waals surface area contributed by atoms with Crippen LogP contribution >= 0.6 is 0 Å². The van der Waals surface area contributed by atoms with E-state index in [-0.39, 0.29) is 12.5 Å². The maximum Gasteiger partial charge on any atom is 0.254 e. The molecule has 6 heteroatoms. The van der Waals surface area contributed by atoms with Gasteiger partial charge in [0.2, 0.25) is 0 Å². The first kappa shape index (κ1) is 20.4. The van der Waals surface area contributed by atoms with Crippen molar-refractivity contribution in [1.29, 1.82) is 0 Å². The highest BCUT2D eigenvalue weighted by Gasteiger charge is 2.36. The first-order chi connectivity index (χ1) is 14.1. The molecule has 0 unspecified atom stereocenters. The molecule has 1 aromatic carbocycles. The number of carbonyl (C=O) groups is 1. The largest absolute Gasteiger partial charge is 0.396 e. The van der Waals surface area contributed by atoms with E-state index in [1.165, 1.54) is 0 Å². The predicted molar refractivity (Wildman–Crippen MR) is 116 cm³/mol. The fourth-order valence-electron chi connectivity index (χ4n) is 5.13. The minimum atomic E-state index is 0.146. The standard InChI is InChI=1S/C23H34N4O2/c1-24-12-14-26(15-13-24)21-9-11-27(17-18(21)5-4-16-28)23(29)20-6-3-7-22-19(20)8-10-25(22)2/h3,6-8,10,18,21,28H,4-5,9,11-17H2,1-2H3/t18-,21+/m1/s1. The van der Waals surface area contributed by atoms with Gasteiger partial charge in [0.15, 0.2) is 0 Å². The Kier molecular flexibility index (Phi) is 6.23. The summed E-state index contributed by atoms with van der Waals surface area (Å²) in [6.45, 7) is 6.27. The fourth-order valence-corrected chi connectivity index (χ4v) is 5.13. The van der Waals surface area contributed by atoms with Crippen molar-refractivity contribution < 1.29 is 9.90 Å². The van der Waals surface area contributed by atoms with E-state index < -0.39 is 0 Å². The Morgan fingerprint density at radius 2 is 1.90 bits per heavy atom. The number of nitrogens with zero attached hydrogens (tertiary/aromatic N) is 4. The zero-order valence-corrected chi connectivity index (χ0v) is 17.8. The van der Waals surface area contributed by atoms with Crippen LogP contribution in [-0.2, 0) is 7.05 Å². The molecule has 0 bridgehead atoms. The highest BCUT2D eigenvalue weighted by atomic mass is 16.3. The zero-order valence-electron chi connectivity index (χ0n) is 17.8. The number of aryl methyl sites for hydroxylation is 1. The first-order valence-corrected chi connectivity index (χ1v) is 10.9. The highest BCUT2D eigenvalue weighted by molar-refractivity contribution is 6.06. The van der Waals surface area contributed by atoms with E-state index in [0.717, 1.165) is 75.0 Å². The van der Waals surface area contributed by atoms with Crippen molar-refractivity contribution in [2.24, 2.45) is 13.0 Å². The topological polar surface area (TPSA) is 52.0 Å². The van der Waals surface area contributed by atoms with Gasteiger partial charge in [0.25, 0.3) is 5.91 Å². The van der Waals surface area contributed by atoms with E-state index in [1.54, 1.807) is 0 Å². The van der Waals surface area contributed by atoms with Gasteiger partial charge in [-0.15, -0.1) is 0 Å². The molecule has 0 spiro atoms. The number of aliphatic hydroxyl groups excluding tert-OH is 1. The van der Waals surface area contributed by atoms with Crippen LogP contribution in [0.15, 0.2) is 30.5 Å². The maximum absolute atomic E-state index is 13.4. The summed E-state index contributed by atoms with van der Waals surface area (Å²) < 4.78 is 2.07. The normalized spacial score (nSPS) is 24.3. The van der Waals surface area contributed by atoms with Gasteiger partial charge in [-0.2, -0.15) is 0 Å². The van der Waals surface area contributed by atoms with E-state index in [0.29, 0.717) is 12.0 Å². The quantitative estimate of drug-likeness (QED) is 0.837. The average Bonchev–Trinajstić information content (AvgIpc) is 3.13. The number of hydrogen-bond acceptors (Lipinski definition) is 4. The summed E-state index contributed by atoms with van der Waals surface area (Å²) in [4.78, 5) is 20.5. The second kappa shape index (κ2) is 8.86. The Balaban J connectivity index is 1.51. The zero-order chi connectivity index (χ0) is 20.4. The van der Waals surface area contributed by atoms with Gasteiger partial charge < -0.3 is 19.5 Å². The highest BCUT2D eigenvalue weighted by Crippen LogP contribution is 2.29. The predicted octanol–water partition coefficient (Wildman–Crippen LogP) is 2.03. The van der Waals surface area contributed by atoms with Crippen LogP contribution in [0.3, 0.4) is 0 Å². The van der Waals surface area contributed by atoms with Gasteiger partial charge in [-0.3, -0.25) is 9.69 Å².